The molecule has 0 saturated carbocycles. The Morgan fingerprint density at radius 1 is 0.375 bits per heavy atom. The van der Waals surface area contributed by atoms with Crippen LogP contribution in [-0.2, 0) is 16.2 Å². The van der Waals surface area contributed by atoms with Crippen molar-refractivity contribution in [3.8, 4) is 11.1 Å². The van der Waals surface area contributed by atoms with Gasteiger partial charge in [-0.05, 0) is 133 Å². The van der Waals surface area contributed by atoms with E-state index < -0.39 is 10.0 Å². The fourth-order valence-electron chi connectivity index (χ4n) is 10.5. The third-order valence-corrected chi connectivity index (χ3v) is 17.8. The van der Waals surface area contributed by atoms with Crippen molar-refractivity contribution in [1.82, 2.24) is 0 Å². The number of nitrogens with zero attached hydrogens (tertiary/aromatic N) is 2. The molecule has 0 unspecified atom stereocenters. The second-order valence-corrected chi connectivity index (χ2v) is 24.1. The van der Waals surface area contributed by atoms with E-state index in [4.69, 9.17) is 0 Å². The van der Waals surface area contributed by atoms with E-state index in [-0.39, 0.29) is 23.0 Å². The smallest absolute Gasteiger partial charge is 0.252 e. The van der Waals surface area contributed by atoms with Crippen LogP contribution in [-0.4, -0.2) is 6.71 Å². The lowest BCUT2D eigenvalue weighted by Crippen LogP contribution is -2.62. The number of benzene rings is 8. The Balaban J connectivity index is 1.30. The van der Waals surface area contributed by atoms with Crippen LogP contribution < -0.4 is 26.2 Å². The maximum Gasteiger partial charge on any atom is 0.252 e. The standard InChI is InChI=1S/C60H57BN2S/c1-58(2,3)42-35-43(59(4,5)6)37-45(36-42)62-51-34-41(40-22-13-10-14-23-40)32-33-48(51)61-49-28-21-31-55-57(49)63(53-39-44(60(7,8)9)38-52(62)56(53)61)50-29-19-20-30-54(50)64(55,46-24-15-11-16-25-46)47-26-17-12-18-27-47/h10-39H,1-9H3. The van der Waals surface area contributed by atoms with Gasteiger partial charge in [-0.2, -0.15) is 0 Å². The van der Waals surface area contributed by atoms with Crippen molar-refractivity contribution in [3.63, 3.8) is 0 Å². The number of rotatable bonds is 4. The zero-order chi connectivity index (χ0) is 44.3. The van der Waals surface area contributed by atoms with Gasteiger partial charge in [-0.1, -0.05) is 172 Å². The topological polar surface area (TPSA) is 6.48 Å². The second-order valence-electron chi connectivity index (χ2n) is 21.1. The van der Waals surface area contributed by atoms with E-state index in [9.17, 15) is 0 Å². The first-order chi connectivity index (χ1) is 30.7. The van der Waals surface area contributed by atoms with Gasteiger partial charge in [0.1, 0.15) is 0 Å². The van der Waals surface area contributed by atoms with Crippen LogP contribution in [0.4, 0.5) is 34.1 Å². The summed E-state index contributed by atoms with van der Waals surface area (Å²) in [6, 6.07) is 70.0. The molecule has 3 aliphatic heterocycles. The van der Waals surface area contributed by atoms with Crippen LogP contribution in [0, 0.1) is 0 Å². The molecule has 316 valence electrons. The number of hydrogen-bond acceptors (Lipinski definition) is 2. The third kappa shape index (κ3) is 6.09. The maximum absolute atomic E-state index is 2.68. The number of anilines is 6. The van der Waals surface area contributed by atoms with E-state index in [0.717, 1.165) is 0 Å². The Kier molecular flexibility index (Phi) is 9.12. The molecular formula is C60H57BN2S. The zero-order valence-electron chi connectivity index (χ0n) is 38.7. The molecule has 2 nitrogen and oxygen atoms in total. The van der Waals surface area contributed by atoms with Gasteiger partial charge in [-0.3, -0.25) is 0 Å². The molecule has 0 saturated heterocycles. The summed E-state index contributed by atoms with van der Waals surface area (Å²) in [5.74, 6) is 0. The lowest BCUT2D eigenvalue weighted by atomic mass is 9.33. The van der Waals surface area contributed by atoms with Crippen LogP contribution in [0.1, 0.15) is 79.0 Å². The molecule has 3 heterocycles. The summed E-state index contributed by atoms with van der Waals surface area (Å²) in [7, 11) is -1.93. The zero-order valence-corrected chi connectivity index (χ0v) is 39.5. The van der Waals surface area contributed by atoms with Gasteiger partial charge in [0.15, 0.2) is 0 Å². The molecule has 4 heteroatoms. The summed E-state index contributed by atoms with van der Waals surface area (Å²) in [4.78, 5) is 10.8. The summed E-state index contributed by atoms with van der Waals surface area (Å²) in [6.45, 7) is 21.2. The van der Waals surface area contributed by atoms with E-state index in [1.165, 1.54) is 97.9 Å². The van der Waals surface area contributed by atoms with Crippen LogP contribution in [0.3, 0.4) is 0 Å². The van der Waals surface area contributed by atoms with Gasteiger partial charge in [-0.15, -0.1) is 10.0 Å². The van der Waals surface area contributed by atoms with Crippen molar-refractivity contribution in [3.05, 3.63) is 199 Å². The normalized spacial score (nSPS) is 15.2. The summed E-state index contributed by atoms with van der Waals surface area (Å²) < 4.78 is 0. The van der Waals surface area contributed by atoms with Crippen molar-refractivity contribution in [1.29, 1.82) is 0 Å². The second kappa shape index (κ2) is 14.4. The van der Waals surface area contributed by atoms with E-state index in [2.05, 4.69) is 254 Å². The van der Waals surface area contributed by atoms with Crippen molar-refractivity contribution >= 4 is 67.3 Å². The van der Waals surface area contributed by atoms with Gasteiger partial charge in [0.05, 0.1) is 11.4 Å². The predicted octanol–water partition coefficient (Wildman–Crippen LogP) is 15.0. The fourth-order valence-corrected chi connectivity index (χ4v) is 14.7. The van der Waals surface area contributed by atoms with Gasteiger partial charge in [0.2, 0.25) is 0 Å². The predicted molar refractivity (Wildman–Crippen MR) is 276 cm³/mol. The Morgan fingerprint density at radius 3 is 1.48 bits per heavy atom. The molecule has 8 aromatic carbocycles. The number of hydrogen-bond donors (Lipinski definition) is 0. The number of para-hydroxylation sites is 2. The number of fused-ring (bicyclic) bond motifs is 6. The summed E-state index contributed by atoms with van der Waals surface area (Å²) >= 11 is 0. The third-order valence-electron chi connectivity index (χ3n) is 13.9. The molecule has 0 fully saturated rings. The van der Waals surface area contributed by atoms with E-state index in [0.29, 0.717) is 0 Å². The Morgan fingerprint density at radius 2 is 0.891 bits per heavy atom. The monoisotopic (exact) mass is 848 g/mol. The van der Waals surface area contributed by atoms with Crippen molar-refractivity contribution in [2.24, 2.45) is 0 Å². The van der Waals surface area contributed by atoms with E-state index >= 15 is 0 Å². The van der Waals surface area contributed by atoms with Crippen LogP contribution in [0.2, 0.25) is 0 Å². The SMILES string of the molecule is CC(C)(C)c1cc(N2c3cc(-c4ccccc4)ccc3B3c4cccc5c4N(c4ccccc4S5(c4ccccc4)c4ccccc4)c4cc(C(C)(C)C)cc2c43)cc(C(C)(C)C)c1. The quantitative estimate of drug-likeness (QED) is 0.163. The van der Waals surface area contributed by atoms with Crippen molar-refractivity contribution < 1.29 is 0 Å². The summed E-state index contributed by atoms with van der Waals surface area (Å²) in [6.07, 6.45) is 0. The first-order valence-electron chi connectivity index (χ1n) is 23.0. The lowest BCUT2D eigenvalue weighted by Gasteiger charge is -2.53. The average Bonchev–Trinajstić information content (AvgIpc) is 3.29. The van der Waals surface area contributed by atoms with Crippen LogP contribution >= 0.6 is 10.0 Å². The fraction of sp³-hybridized carbons (Fsp3) is 0.200. The first-order valence-corrected chi connectivity index (χ1v) is 24.6. The van der Waals surface area contributed by atoms with E-state index in [1.807, 2.05) is 0 Å². The van der Waals surface area contributed by atoms with Gasteiger partial charge in [-0.25, -0.2) is 0 Å². The molecule has 0 atom stereocenters. The Labute approximate surface area is 383 Å². The highest BCUT2D eigenvalue weighted by Crippen LogP contribution is 2.79. The van der Waals surface area contributed by atoms with Crippen molar-refractivity contribution in [2.45, 2.75) is 98.1 Å². The van der Waals surface area contributed by atoms with Gasteiger partial charge in [0.25, 0.3) is 6.71 Å². The Bertz CT molecular complexity index is 3050. The van der Waals surface area contributed by atoms with Crippen molar-refractivity contribution in [2.75, 3.05) is 9.80 Å². The van der Waals surface area contributed by atoms with Crippen LogP contribution in [0.25, 0.3) is 11.1 Å². The maximum atomic E-state index is 2.68. The highest BCUT2D eigenvalue weighted by Gasteiger charge is 2.50. The van der Waals surface area contributed by atoms with Crippen LogP contribution in [0.15, 0.2) is 202 Å². The highest BCUT2D eigenvalue weighted by atomic mass is 32.3. The molecule has 0 amide bonds. The summed E-state index contributed by atoms with van der Waals surface area (Å²) in [5, 5.41) is 0. The van der Waals surface area contributed by atoms with Gasteiger partial charge in [0, 0.05) is 42.3 Å². The summed E-state index contributed by atoms with van der Waals surface area (Å²) in [5.41, 5.74) is 17.9. The molecule has 3 aliphatic rings. The average molecular weight is 849 g/mol. The minimum absolute atomic E-state index is 0.00286. The van der Waals surface area contributed by atoms with Crippen LogP contribution in [0.5, 0.6) is 0 Å². The minimum atomic E-state index is -1.93. The molecule has 0 aliphatic carbocycles. The molecule has 0 aromatic heterocycles. The first kappa shape index (κ1) is 40.5. The highest BCUT2D eigenvalue weighted by molar-refractivity contribution is 8.34. The largest absolute Gasteiger partial charge is 0.311 e. The van der Waals surface area contributed by atoms with E-state index in [1.54, 1.807) is 0 Å². The minimum Gasteiger partial charge on any atom is -0.311 e. The molecule has 0 N–H and O–H groups in total. The molecule has 8 aromatic rings. The molecule has 11 rings (SSSR count). The molecule has 0 spiro atoms. The van der Waals surface area contributed by atoms with Gasteiger partial charge >= 0.3 is 0 Å². The molecular weight excluding hydrogens is 792 g/mol. The Hall–Kier alpha value is -6.23. The molecule has 0 bridgehead atoms. The lowest BCUT2D eigenvalue weighted by molar-refractivity contribution is 0.569. The molecule has 64 heavy (non-hydrogen) atoms. The molecule has 0 radical (unpaired) electrons. The van der Waals surface area contributed by atoms with Gasteiger partial charge < -0.3 is 9.80 Å².